The van der Waals surface area contributed by atoms with Gasteiger partial charge in [-0.25, -0.2) is 8.42 Å². The number of furan rings is 1. The van der Waals surface area contributed by atoms with Crippen molar-refractivity contribution < 1.29 is 22.4 Å². The zero-order chi connectivity index (χ0) is 14.2. The van der Waals surface area contributed by atoms with Gasteiger partial charge in [0.05, 0.1) is 23.8 Å². The standard InChI is InChI=1S/C14H12O5S/c15-13-8-12(14(19-13)10-6-7-18-9-10)20(16,17)11-4-2-1-3-5-11/h1-7,9,12,14H,8H2/t12-,14-/m1/s1. The largest absolute Gasteiger partial charge is 0.472 e. The third-order valence-corrected chi connectivity index (χ3v) is 5.45. The molecule has 1 aromatic carbocycles. The molecule has 2 heterocycles. The molecular formula is C14H12O5S. The zero-order valence-electron chi connectivity index (χ0n) is 10.4. The Morgan fingerprint density at radius 3 is 2.50 bits per heavy atom. The summed E-state index contributed by atoms with van der Waals surface area (Å²) in [7, 11) is -3.63. The molecule has 104 valence electrons. The summed E-state index contributed by atoms with van der Waals surface area (Å²) in [6.45, 7) is 0. The first-order chi connectivity index (χ1) is 9.59. The van der Waals surface area contributed by atoms with Crippen molar-refractivity contribution in [2.45, 2.75) is 22.7 Å². The van der Waals surface area contributed by atoms with E-state index < -0.39 is 27.2 Å². The fraction of sp³-hybridized carbons (Fsp3) is 0.214. The van der Waals surface area contributed by atoms with Crippen molar-refractivity contribution in [3.8, 4) is 0 Å². The summed E-state index contributed by atoms with van der Waals surface area (Å²) < 4.78 is 35.3. The predicted molar refractivity (Wildman–Crippen MR) is 69.6 cm³/mol. The molecule has 0 amide bonds. The smallest absolute Gasteiger partial charge is 0.307 e. The van der Waals surface area contributed by atoms with Crippen molar-refractivity contribution in [1.29, 1.82) is 0 Å². The lowest BCUT2D eigenvalue weighted by Crippen LogP contribution is -2.24. The van der Waals surface area contributed by atoms with Gasteiger partial charge >= 0.3 is 5.97 Å². The van der Waals surface area contributed by atoms with E-state index in [-0.39, 0.29) is 11.3 Å². The third-order valence-electron chi connectivity index (χ3n) is 3.31. The minimum absolute atomic E-state index is 0.146. The molecule has 0 saturated carbocycles. The summed E-state index contributed by atoms with van der Waals surface area (Å²) in [6.07, 6.45) is 1.86. The van der Waals surface area contributed by atoms with E-state index in [0.29, 0.717) is 5.56 Å². The molecule has 0 radical (unpaired) electrons. The molecule has 0 unspecified atom stereocenters. The van der Waals surface area contributed by atoms with Crippen LogP contribution >= 0.6 is 0 Å². The Bertz CT molecular complexity index is 703. The average molecular weight is 292 g/mol. The quantitative estimate of drug-likeness (QED) is 0.810. The molecule has 0 spiro atoms. The molecule has 1 saturated heterocycles. The van der Waals surface area contributed by atoms with Gasteiger partial charge in [-0.1, -0.05) is 18.2 Å². The van der Waals surface area contributed by atoms with Crippen LogP contribution in [0.5, 0.6) is 0 Å². The Morgan fingerprint density at radius 1 is 1.10 bits per heavy atom. The summed E-state index contributed by atoms with van der Waals surface area (Å²) >= 11 is 0. The maximum absolute atomic E-state index is 12.6. The fourth-order valence-corrected chi connectivity index (χ4v) is 4.09. The minimum atomic E-state index is -3.63. The van der Waals surface area contributed by atoms with Crippen molar-refractivity contribution in [3.63, 3.8) is 0 Å². The van der Waals surface area contributed by atoms with Crippen molar-refractivity contribution in [3.05, 3.63) is 54.5 Å². The molecular weight excluding hydrogens is 280 g/mol. The van der Waals surface area contributed by atoms with Gasteiger partial charge in [-0.2, -0.15) is 0 Å². The van der Waals surface area contributed by atoms with Gasteiger partial charge in [-0.15, -0.1) is 0 Å². The maximum Gasteiger partial charge on any atom is 0.307 e. The van der Waals surface area contributed by atoms with E-state index >= 15 is 0 Å². The molecule has 20 heavy (non-hydrogen) atoms. The van der Waals surface area contributed by atoms with Gasteiger partial charge in [-0.05, 0) is 18.2 Å². The number of carbonyl (C=O) groups excluding carboxylic acids is 1. The van der Waals surface area contributed by atoms with E-state index in [1.165, 1.54) is 24.7 Å². The molecule has 1 aliphatic rings. The fourth-order valence-electron chi connectivity index (χ4n) is 2.31. The molecule has 1 aromatic heterocycles. The number of benzene rings is 1. The number of hydrogen-bond acceptors (Lipinski definition) is 5. The summed E-state index contributed by atoms with van der Waals surface area (Å²) in [6, 6.07) is 9.68. The molecule has 5 nitrogen and oxygen atoms in total. The van der Waals surface area contributed by atoms with Gasteiger partial charge in [0.2, 0.25) is 0 Å². The van der Waals surface area contributed by atoms with Crippen LogP contribution in [0.1, 0.15) is 18.1 Å². The lowest BCUT2D eigenvalue weighted by molar-refractivity contribution is -0.141. The number of sulfone groups is 1. The monoisotopic (exact) mass is 292 g/mol. The average Bonchev–Trinajstić information content (AvgIpc) is 3.08. The van der Waals surface area contributed by atoms with Gasteiger partial charge < -0.3 is 9.15 Å². The maximum atomic E-state index is 12.6. The first kappa shape index (κ1) is 12.9. The molecule has 2 atom stereocenters. The number of rotatable bonds is 3. The van der Waals surface area contributed by atoms with Crippen molar-refractivity contribution >= 4 is 15.8 Å². The molecule has 1 aliphatic heterocycles. The Hall–Kier alpha value is -2.08. The first-order valence-electron chi connectivity index (χ1n) is 6.09. The van der Waals surface area contributed by atoms with Crippen molar-refractivity contribution in [2.75, 3.05) is 0 Å². The molecule has 0 bridgehead atoms. The summed E-state index contributed by atoms with van der Waals surface area (Å²) in [5.41, 5.74) is 0.556. The number of cyclic esters (lactones) is 1. The van der Waals surface area contributed by atoms with Crippen LogP contribution in [0.3, 0.4) is 0 Å². The van der Waals surface area contributed by atoms with Crippen LogP contribution in [0.15, 0.2) is 58.2 Å². The van der Waals surface area contributed by atoms with E-state index in [2.05, 4.69) is 0 Å². The van der Waals surface area contributed by atoms with E-state index in [0.717, 1.165) is 0 Å². The van der Waals surface area contributed by atoms with Gasteiger partial charge in [0.15, 0.2) is 9.84 Å². The lowest BCUT2D eigenvalue weighted by atomic mass is 10.1. The molecule has 2 aromatic rings. The SMILES string of the molecule is O=C1C[C@@H](S(=O)(=O)c2ccccc2)[C@@H](c2ccoc2)O1. The molecule has 0 aliphatic carbocycles. The number of ether oxygens (including phenoxy) is 1. The summed E-state index contributed by atoms with van der Waals surface area (Å²) in [5.74, 6) is -0.513. The minimum Gasteiger partial charge on any atom is -0.472 e. The van der Waals surface area contributed by atoms with E-state index in [4.69, 9.17) is 9.15 Å². The van der Waals surface area contributed by atoms with Crippen LogP contribution in [0.2, 0.25) is 0 Å². The van der Waals surface area contributed by atoms with E-state index in [1.807, 2.05) is 0 Å². The second-order valence-corrected chi connectivity index (χ2v) is 6.73. The van der Waals surface area contributed by atoms with Crippen molar-refractivity contribution in [2.24, 2.45) is 0 Å². The molecule has 0 N–H and O–H groups in total. The molecule has 3 rings (SSSR count). The highest BCUT2D eigenvalue weighted by molar-refractivity contribution is 7.92. The Kier molecular flexibility index (Phi) is 3.10. The highest BCUT2D eigenvalue weighted by atomic mass is 32.2. The second-order valence-electron chi connectivity index (χ2n) is 4.57. The third kappa shape index (κ3) is 2.12. The Labute approximate surface area is 116 Å². The second kappa shape index (κ2) is 4.79. The van der Waals surface area contributed by atoms with Gasteiger partial charge in [0, 0.05) is 5.56 Å². The van der Waals surface area contributed by atoms with Crippen LogP contribution in [0, 0.1) is 0 Å². The Balaban J connectivity index is 2.02. The van der Waals surface area contributed by atoms with Crippen LogP contribution in [-0.2, 0) is 19.4 Å². The van der Waals surface area contributed by atoms with Crippen LogP contribution < -0.4 is 0 Å². The first-order valence-corrected chi connectivity index (χ1v) is 7.64. The normalized spacial score (nSPS) is 22.7. The molecule has 1 fully saturated rings. The topological polar surface area (TPSA) is 73.6 Å². The van der Waals surface area contributed by atoms with Gasteiger partial charge in [0.1, 0.15) is 11.4 Å². The van der Waals surface area contributed by atoms with Gasteiger partial charge in [-0.3, -0.25) is 4.79 Å². The predicted octanol–water partition coefficient (Wildman–Crippen LogP) is 2.11. The lowest BCUT2D eigenvalue weighted by Gasteiger charge is -2.16. The summed E-state index contributed by atoms with van der Waals surface area (Å²) in [4.78, 5) is 11.7. The Morgan fingerprint density at radius 2 is 1.85 bits per heavy atom. The highest BCUT2D eigenvalue weighted by Crippen LogP contribution is 2.37. The van der Waals surface area contributed by atoms with Crippen LogP contribution in [-0.4, -0.2) is 19.6 Å². The van der Waals surface area contributed by atoms with Gasteiger partial charge in [0.25, 0.3) is 0 Å². The number of hydrogen-bond donors (Lipinski definition) is 0. The highest BCUT2D eigenvalue weighted by Gasteiger charge is 2.45. The molecule has 6 heteroatoms. The van der Waals surface area contributed by atoms with Crippen LogP contribution in [0.25, 0.3) is 0 Å². The van der Waals surface area contributed by atoms with Crippen molar-refractivity contribution in [1.82, 2.24) is 0 Å². The summed E-state index contributed by atoms with van der Waals surface area (Å²) in [5, 5.41) is -0.921. The van der Waals surface area contributed by atoms with Crippen LogP contribution in [0.4, 0.5) is 0 Å². The number of esters is 1. The van der Waals surface area contributed by atoms with E-state index in [9.17, 15) is 13.2 Å². The number of carbonyl (C=O) groups is 1. The zero-order valence-corrected chi connectivity index (χ0v) is 11.2. The van der Waals surface area contributed by atoms with E-state index in [1.54, 1.807) is 24.3 Å².